The number of nitrogens with zero attached hydrogens (tertiary/aromatic N) is 2. The summed E-state index contributed by atoms with van der Waals surface area (Å²) in [6.07, 6.45) is 30.4. The molecule has 0 spiro atoms. The molecule has 0 atom stereocenters. The summed E-state index contributed by atoms with van der Waals surface area (Å²) in [7, 11) is 0. The molecule has 0 aliphatic rings. The predicted octanol–water partition coefficient (Wildman–Crippen LogP) is 16.0. The standard InChI is InChI=1S/C34H48N2.2C7H15.Ni/c1-5-9-13-16-29-21-25-31(26-22-29)34(30-23-19-28(20-24-30)15-11-7-3)33(18-14-10-6-2)32(27-36-35)17-12-8-4;2*1-3-5-7-6-4-2;/h19-26H,5-18H2,1-4H3;2*1,3-7H2,2H3;. The number of hydrogen-bond acceptors (Lipinski definition) is 0. The van der Waals surface area contributed by atoms with Crippen molar-refractivity contribution in [1.29, 1.82) is 0 Å². The average molecular weight is 742 g/mol. The fourth-order valence-corrected chi connectivity index (χ4v) is 7.65. The molecule has 51 heavy (non-hydrogen) atoms. The van der Waals surface area contributed by atoms with Crippen LogP contribution in [0.5, 0.6) is 0 Å². The van der Waals surface area contributed by atoms with Crippen LogP contribution in [-0.4, -0.2) is 10.7 Å². The van der Waals surface area contributed by atoms with Crippen LogP contribution in [0.15, 0.2) is 59.7 Å². The maximum atomic E-state index is 9.51. The molecule has 0 aromatic heterocycles. The van der Waals surface area contributed by atoms with E-state index in [1.807, 2.05) is 14.4 Å². The van der Waals surface area contributed by atoms with Gasteiger partial charge in [-0.1, -0.05) is 115 Å². The van der Waals surface area contributed by atoms with Gasteiger partial charge in [0.05, 0.1) is 5.57 Å². The van der Waals surface area contributed by atoms with Crippen molar-refractivity contribution in [2.24, 2.45) is 0 Å². The van der Waals surface area contributed by atoms with Crippen LogP contribution in [0.1, 0.15) is 205 Å². The van der Waals surface area contributed by atoms with E-state index in [1.165, 1.54) is 153 Å². The Kier molecular flexibility index (Phi) is 30.9. The van der Waals surface area contributed by atoms with Gasteiger partial charge >= 0.3 is 109 Å². The number of allylic oxidation sites excluding steroid dienone is 2. The van der Waals surface area contributed by atoms with Crippen molar-refractivity contribution >= 4 is 11.4 Å². The van der Waals surface area contributed by atoms with Crippen molar-refractivity contribution in [2.75, 3.05) is 0 Å². The van der Waals surface area contributed by atoms with E-state index in [4.69, 9.17) is 0 Å². The molecule has 2 aromatic rings. The summed E-state index contributed by atoms with van der Waals surface area (Å²) in [6.45, 7) is 13.5. The number of hydrogen-bond donors (Lipinski definition) is 0. The Morgan fingerprint density at radius 2 is 0.922 bits per heavy atom. The second kappa shape index (κ2) is 33.7. The molecule has 0 aliphatic carbocycles. The van der Waals surface area contributed by atoms with Gasteiger partial charge in [-0.3, -0.25) is 0 Å². The van der Waals surface area contributed by atoms with E-state index in [0.29, 0.717) is 0 Å². The van der Waals surface area contributed by atoms with Crippen molar-refractivity contribution in [1.82, 2.24) is 0 Å². The van der Waals surface area contributed by atoms with E-state index in [0.717, 1.165) is 50.5 Å². The monoisotopic (exact) mass is 741 g/mol. The molecule has 2 aromatic carbocycles. The Morgan fingerprint density at radius 1 is 0.490 bits per heavy atom. The van der Waals surface area contributed by atoms with E-state index in [9.17, 15) is 5.53 Å². The quantitative estimate of drug-likeness (QED) is 0.0199. The average Bonchev–Trinajstić information content (AvgIpc) is 3.16. The first-order chi connectivity index (χ1) is 25.1. The van der Waals surface area contributed by atoms with E-state index in [-0.39, 0.29) is 0 Å². The molecule has 0 saturated carbocycles. The fraction of sp³-hybridized carbons (Fsp3) is 0.667. The maximum absolute atomic E-state index is 9.51. The summed E-state index contributed by atoms with van der Waals surface area (Å²) < 4.78 is 0. The number of aryl methyl sites for hydroxylation is 2. The summed E-state index contributed by atoms with van der Waals surface area (Å²) in [5.41, 5.74) is 18.4. The molecule has 0 unspecified atom stereocenters. The number of unbranched alkanes of at least 4 members (excludes halogenated alkanes) is 14. The van der Waals surface area contributed by atoms with E-state index in [1.54, 1.807) is 0 Å². The molecule has 290 valence electrons. The van der Waals surface area contributed by atoms with E-state index < -0.39 is 0 Å². The van der Waals surface area contributed by atoms with Crippen molar-refractivity contribution in [3.8, 4) is 0 Å². The molecular formula is C48H78N2Ni. The van der Waals surface area contributed by atoms with Gasteiger partial charge in [-0.15, -0.1) is 4.79 Å². The summed E-state index contributed by atoms with van der Waals surface area (Å²) >= 11 is 2.00. The zero-order valence-electron chi connectivity index (χ0n) is 34.2. The fourth-order valence-electron chi connectivity index (χ4n) is 6.42. The molecule has 0 saturated heterocycles. The van der Waals surface area contributed by atoms with Crippen LogP contribution in [0.4, 0.5) is 0 Å². The van der Waals surface area contributed by atoms with Gasteiger partial charge in [0, 0.05) is 0 Å². The topological polar surface area (TPSA) is 36.4 Å². The minimum atomic E-state index is 0.884. The van der Waals surface area contributed by atoms with E-state index in [2.05, 4.69) is 101 Å². The van der Waals surface area contributed by atoms with Gasteiger partial charge in [-0.05, 0) is 84.8 Å². The Balaban J connectivity index is 0.000000728. The third kappa shape index (κ3) is 22.5. The van der Waals surface area contributed by atoms with Crippen molar-refractivity contribution < 1.29 is 19.2 Å². The van der Waals surface area contributed by atoms with Crippen LogP contribution in [0.3, 0.4) is 0 Å². The van der Waals surface area contributed by atoms with Crippen LogP contribution in [-0.2, 0) is 27.3 Å². The summed E-state index contributed by atoms with van der Waals surface area (Å²) in [4.78, 5) is 3.39. The Morgan fingerprint density at radius 3 is 1.39 bits per heavy atom. The molecule has 2 rings (SSSR count). The van der Waals surface area contributed by atoms with Gasteiger partial charge in [0.2, 0.25) is 0 Å². The third-order valence-electron chi connectivity index (χ3n) is 9.69. The van der Waals surface area contributed by atoms with Gasteiger partial charge in [-0.2, -0.15) is 0 Å². The van der Waals surface area contributed by atoms with Crippen molar-refractivity contribution in [3.63, 3.8) is 0 Å². The molecule has 0 N–H and O–H groups in total. The second-order valence-corrected chi connectivity index (χ2v) is 15.8. The summed E-state index contributed by atoms with van der Waals surface area (Å²) in [5, 5.41) is 2.84. The number of rotatable bonds is 29. The first kappa shape index (κ1) is 46.9. The summed E-state index contributed by atoms with van der Waals surface area (Å²) in [6, 6.07) is 18.4. The van der Waals surface area contributed by atoms with Crippen LogP contribution < -0.4 is 0 Å². The predicted molar refractivity (Wildman–Crippen MR) is 224 cm³/mol. The van der Waals surface area contributed by atoms with Crippen molar-refractivity contribution in [2.45, 2.75) is 206 Å². The van der Waals surface area contributed by atoms with Gasteiger partial charge in [0.15, 0.2) is 0 Å². The molecule has 2 nitrogen and oxygen atoms in total. The normalized spacial score (nSPS) is 11.4. The Bertz CT molecular complexity index is 1200. The first-order valence-electron chi connectivity index (χ1n) is 21.4. The Labute approximate surface area is 323 Å². The zero-order chi connectivity index (χ0) is 37.2. The SMILES string of the molecule is CCCCCC(C(=C=[N+]=[N-])CCCC)=C(c1ccc(CCCC)cc1)c1ccc(CCCCC)cc1.CCCCCC[CH2][Ni][CH2]CCCCCC. The van der Waals surface area contributed by atoms with Crippen LogP contribution in [0.2, 0.25) is 10.8 Å². The molecule has 3 heteroatoms. The molecule has 0 heterocycles. The van der Waals surface area contributed by atoms with Crippen LogP contribution in [0, 0.1) is 0 Å². The van der Waals surface area contributed by atoms with Crippen LogP contribution in [0.25, 0.3) is 11.1 Å². The van der Waals surface area contributed by atoms with Gasteiger partial charge in [-0.25, -0.2) is 0 Å². The third-order valence-corrected chi connectivity index (χ3v) is 11.1. The molecule has 0 amide bonds. The number of benzene rings is 2. The van der Waals surface area contributed by atoms with Crippen LogP contribution >= 0.6 is 0 Å². The van der Waals surface area contributed by atoms with E-state index >= 15 is 0 Å². The van der Waals surface area contributed by atoms with Gasteiger partial charge in [0.25, 0.3) is 0 Å². The first-order valence-corrected chi connectivity index (χ1v) is 22.8. The second-order valence-electron chi connectivity index (χ2n) is 14.4. The molecular weight excluding hydrogens is 663 g/mol. The minimum absolute atomic E-state index is 0.884. The van der Waals surface area contributed by atoms with Gasteiger partial charge in [0.1, 0.15) is 0 Å². The van der Waals surface area contributed by atoms with Crippen molar-refractivity contribution in [3.05, 3.63) is 87.5 Å². The molecule has 0 aliphatic heterocycles. The Hall–Kier alpha value is -2.17. The van der Waals surface area contributed by atoms with Gasteiger partial charge < -0.3 is 5.53 Å². The zero-order valence-corrected chi connectivity index (χ0v) is 35.2. The molecule has 0 radical (unpaired) electrons. The summed E-state index contributed by atoms with van der Waals surface area (Å²) in [5.74, 6) is 2.99. The molecule has 0 fully saturated rings. The molecule has 0 bridgehead atoms.